The van der Waals surface area contributed by atoms with Crippen molar-refractivity contribution in [2.45, 2.75) is 54.4 Å². The van der Waals surface area contributed by atoms with E-state index < -0.39 is 0 Å². The molecule has 0 spiro atoms. The zero-order valence-corrected chi connectivity index (χ0v) is 13.2. The Kier molecular flexibility index (Phi) is 8.21. The van der Waals surface area contributed by atoms with Crippen LogP contribution >= 0.6 is 0 Å². The summed E-state index contributed by atoms with van der Waals surface area (Å²) in [5.41, 5.74) is 8.54. The van der Waals surface area contributed by atoms with Crippen LogP contribution in [0.5, 0.6) is 0 Å². The lowest BCUT2D eigenvalue weighted by Crippen LogP contribution is -2.26. The van der Waals surface area contributed by atoms with Gasteiger partial charge in [0.15, 0.2) is 0 Å². The molecule has 0 aliphatic rings. The van der Waals surface area contributed by atoms with Crippen LogP contribution in [0.4, 0.5) is 4.39 Å². The highest BCUT2D eigenvalue weighted by atomic mass is 19.1. The van der Waals surface area contributed by atoms with Gasteiger partial charge in [0.1, 0.15) is 5.83 Å². The van der Waals surface area contributed by atoms with Crippen molar-refractivity contribution in [1.29, 1.82) is 0 Å². The molecule has 0 aromatic heterocycles. The molecule has 0 amide bonds. The molecule has 0 unspecified atom stereocenters. The van der Waals surface area contributed by atoms with Crippen molar-refractivity contribution < 1.29 is 4.39 Å². The van der Waals surface area contributed by atoms with Gasteiger partial charge in [0.2, 0.25) is 0 Å². The highest BCUT2D eigenvalue weighted by molar-refractivity contribution is 5.40. The van der Waals surface area contributed by atoms with E-state index in [1.807, 2.05) is 6.92 Å². The maximum absolute atomic E-state index is 14.1. The van der Waals surface area contributed by atoms with E-state index in [0.717, 1.165) is 19.4 Å². The fourth-order valence-corrected chi connectivity index (χ4v) is 1.90. The zero-order chi connectivity index (χ0) is 15.0. The monoisotopic (exact) mass is 268 g/mol. The van der Waals surface area contributed by atoms with Gasteiger partial charge in [-0.3, -0.25) is 0 Å². The molecule has 3 N–H and O–H groups in total. The summed E-state index contributed by atoms with van der Waals surface area (Å²) in [4.78, 5) is 0. The summed E-state index contributed by atoms with van der Waals surface area (Å²) < 4.78 is 14.1. The number of rotatable bonds is 7. The van der Waals surface area contributed by atoms with Crippen LogP contribution in [-0.4, -0.2) is 6.54 Å². The van der Waals surface area contributed by atoms with Crippen molar-refractivity contribution in [3.63, 3.8) is 0 Å². The van der Waals surface area contributed by atoms with Crippen molar-refractivity contribution >= 4 is 0 Å². The van der Waals surface area contributed by atoms with Crippen molar-refractivity contribution in [1.82, 2.24) is 5.32 Å². The molecule has 0 radical (unpaired) electrons. The third kappa shape index (κ3) is 5.50. The van der Waals surface area contributed by atoms with E-state index in [9.17, 15) is 4.39 Å². The molecule has 0 aliphatic heterocycles. The average Bonchev–Trinajstić information content (AvgIpc) is 2.41. The van der Waals surface area contributed by atoms with Crippen LogP contribution in [0.1, 0.15) is 54.4 Å². The Morgan fingerprint density at radius 1 is 1.21 bits per heavy atom. The van der Waals surface area contributed by atoms with Gasteiger partial charge in [0.25, 0.3) is 0 Å². The lowest BCUT2D eigenvalue weighted by molar-refractivity contribution is 0.470. The highest BCUT2D eigenvalue weighted by Gasteiger charge is 2.12. The first-order valence-corrected chi connectivity index (χ1v) is 7.09. The van der Waals surface area contributed by atoms with Gasteiger partial charge in [0, 0.05) is 12.1 Å². The Morgan fingerprint density at radius 2 is 1.74 bits per heavy atom. The molecule has 0 rings (SSSR count). The first-order valence-electron chi connectivity index (χ1n) is 7.09. The molecule has 3 heteroatoms. The number of halogens is 1. The van der Waals surface area contributed by atoms with E-state index in [0.29, 0.717) is 28.5 Å². The van der Waals surface area contributed by atoms with Gasteiger partial charge in [-0.2, -0.15) is 0 Å². The van der Waals surface area contributed by atoms with Crippen LogP contribution in [0.3, 0.4) is 0 Å². The van der Waals surface area contributed by atoms with Crippen molar-refractivity contribution in [3.05, 3.63) is 34.4 Å². The normalized spacial score (nSPS) is 13.4. The number of hydrogen-bond donors (Lipinski definition) is 2. The highest BCUT2D eigenvalue weighted by Crippen LogP contribution is 2.21. The molecule has 0 atom stereocenters. The van der Waals surface area contributed by atoms with Crippen molar-refractivity contribution in [2.75, 3.05) is 6.54 Å². The molecular weight excluding hydrogens is 239 g/mol. The second-order valence-electron chi connectivity index (χ2n) is 5.12. The van der Waals surface area contributed by atoms with Gasteiger partial charge >= 0.3 is 0 Å². The van der Waals surface area contributed by atoms with Gasteiger partial charge in [-0.05, 0) is 39.2 Å². The zero-order valence-electron chi connectivity index (χ0n) is 13.2. The predicted octanol–water partition coefficient (Wildman–Crippen LogP) is 4.41. The number of nitrogens with one attached hydrogen (secondary N) is 1. The van der Waals surface area contributed by atoms with Gasteiger partial charge in [-0.1, -0.05) is 32.8 Å². The third-order valence-corrected chi connectivity index (χ3v) is 3.47. The van der Waals surface area contributed by atoms with E-state index in [-0.39, 0.29) is 5.83 Å². The maximum atomic E-state index is 14.1. The van der Waals surface area contributed by atoms with Crippen molar-refractivity contribution in [3.8, 4) is 0 Å². The summed E-state index contributed by atoms with van der Waals surface area (Å²) in [5.74, 6) is 0.402. The van der Waals surface area contributed by atoms with Gasteiger partial charge in [-0.25, -0.2) is 4.39 Å². The number of nitrogens with two attached hydrogens (primary N) is 1. The molecular formula is C16H29FN2. The number of hydrogen-bond acceptors (Lipinski definition) is 2. The SMILES string of the molecule is C/C=C(N)\C(NCC(CC)CC)=C(\C)C(F)=C(C)C. The summed E-state index contributed by atoms with van der Waals surface area (Å²) in [6.45, 7) is 12.3. The van der Waals surface area contributed by atoms with E-state index in [2.05, 4.69) is 19.2 Å². The first kappa shape index (κ1) is 17.8. The first-order chi connectivity index (χ1) is 8.88. The molecule has 0 bridgehead atoms. The largest absolute Gasteiger partial charge is 0.397 e. The summed E-state index contributed by atoms with van der Waals surface area (Å²) in [6.07, 6.45) is 4.02. The summed E-state index contributed by atoms with van der Waals surface area (Å²) in [7, 11) is 0. The predicted molar refractivity (Wildman–Crippen MR) is 82.2 cm³/mol. The van der Waals surface area contributed by atoms with Crippen molar-refractivity contribution in [2.24, 2.45) is 11.7 Å². The van der Waals surface area contributed by atoms with Crippen LogP contribution in [-0.2, 0) is 0 Å². The average molecular weight is 268 g/mol. The lowest BCUT2D eigenvalue weighted by atomic mass is 10.0. The molecule has 0 aromatic rings. The Morgan fingerprint density at radius 3 is 2.11 bits per heavy atom. The molecule has 110 valence electrons. The minimum absolute atomic E-state index is 0.183. The van der Waals surface area contributed by atoms with E-state index in [4.69, 9.17) is 5.73 Å². The molecule has 0 fully saturated rings. The quantitative estimate of drug-likeness (QED) is 0.671. The van der Waals surface area contributed by atoms with Crippen LogP contribution in [0.2, 0.25) is 0 Å². The lowest BCUT2D eigenvalue weighted by Gasteiger charge is -2.19. The second kappa shape index (κ2) is 8.78. The Hall–Kier alpha value is -1.25. The standard InChI is InChI=1S/C16H29FN2/c1-7-13(8-2)10-19-16(14(18)9-3)12(6)15(17)11(4)5/h9,13,19H,7-8,10,18H2,1-6H3/b14-9+,16-12+. The van der Waals surface area contributed by atoms with E-state index in [1.165, 1.54) is 0 Å². The summed E-state index contributed by atoms with van der Waals surface area (Å²) in [5, 5.41) is 3.32. The molecule has 0 aromatic carbocycles. The summed E-state index contributed by atoms with van der Waals surface area (Å²) in [6, 6.07) is 0. The molecule has 0 heterocycles. The topological polar surface area (TPSA) is 38.0 Å². The van der Waals surface area contributed by atoms with Gasteiger partial charge in [-0.15, -0.1) is 0 Å². The maximum Gasteiger partial charge on any atom is 0.126 e. The Bertz CT molecular complexity index is 370. The summed E-state index contributed by atoms with van der Waals surface area (Å²) >= 11 is 0. The Labute approximate surface area is 117 Å². The van der Waals surface area contributed by atoms with E-state index in [1.54, 1.807) is 26.8 Å². The molecule has 19 heavy (non-hydrogen) atoms. The fourth-order valence-electron chi connectivity index (χ4n) is 1.90. The van der Waals surface area contributed by atoms with Crippen LogP contribution in [0.15, 0.2) is 34.4 Å². The molecule has 2 nitrogen and oxygen atoms in total. The molecule has 0 aliphatic carbocycles. The van der Waals surface area contributed by atoms with Gasteiger partial charge in [0.05, 0.1) is 11.4 Å². The fraction of sp³-hybridized carbons (Fsp3) is 0.625. The number of allylic oxidation sites excluding steroid dienone is 4. The third-order valence-electron chi connectivity index (χ3n) is 3.47. The smallest absolute Gasteiger partial charge is 0.126 e. The van der Waals surface area contributed by atoms with E-state index >= 15 is 0 Å². The molecule has 0 saturated carbocycles. The van der Waals surface area contributed by atoms with Gasteiger partial charge < -0.3 is 11.1 Å². The van der Waals surface area contributed by atoms with Crippen LogP contribution in [0.25, 0.3) is 0 Å². The molecule has 0 saturated heterocycles. The second-order valence-corrected chi connectivity index (χ2v) is 5.12. The Balaban J connectivity index is 5.25. The minimum Gasteiger partial charge on any atom is -0.397 e. The van der Waals surface area contributed by atoms with Crippen LogP contribution < -0.4 is 11.1 Å². The minimum atomic E-state index is -0.183. The van der Waals surface area contributed by atoms with Crippen LogP contribution in [0, 0.1) is 5.92 Å².